The van der Waals surface area contributed by atoms with Crippen molar-refractivity contribution < 1.29 is 29.5 Å². The van der Waals surface area contributed by atoms with Crippen molar-refractivity contribution in [3.8, 4) is 5.75 Å². The number of nitrogens with zero attached hydrogens (tertiary/aromatic N) is 2. The summed E-state index contributed by atoms with van der Waals surface area (Å²) in [5.74, 6) is -1.17. The third kappa shape index (κ3) is 4.57. The lowest BCUT2D eigenvalue weighted by molar-refractivity contribution is -0.138. The second-order valence-corrected chi connectivity index (χ2v) is 5.91. The van der Waals surface area contributed by atoms with Crippen LogP contribution in [0.25, 0.3) is 0 Å². The molecule has 4 N–H and O–H groups in total. The van der Waals surface area contributed by atoms with Gasteiger partial charge in [-0.05, 0) is 23.8 Å². The number of hydrogen-bond donors (Lipinski definition) is 4. The van der Waals surface area contributed by atoms with E-state index in [9.17, 15) is 19.6 Å². The van der Waals surface area contributed by atoms with E-state index in [0.717, 1.165) is 11.8 Å². The van der Waals surface area contributed by atoms with Crippen molar-refractivity contribution in [3.05, 3.63) is 23.8 Å². The van der Waals surface area contributed by atoms with Crippen molar-refractivity contribution in [3.63, 3.8) is 0 Å². The zero-order valence-corrected chi connectivity index (χ0v) is 13.4. The first-order chi connectivity index (χ1) is 11.4. The van der Waals surface area contributed by atoms with Crippen LogP contribution in [0.5, 0.6) is 5.75 Å². The number of amidine groups is 1. The molecule has 1 aliphatic rings. The van der Waals surface area contributed by atoms with Gasteiger partial charge in [0.2, 0.25) is 5.91 Å². The monoisotopic (exact) mass is 351 g/mol. The Kier molecular flexibility index (Phi) is 5.96. The third-order valence-electron chi connectivity index (χ3n) is 3.02. The highest BCUT2D eigenvalue weighted by molar-refractivity contribution is 8.15. The average Bonchev–Trinajstić information content (AvgIpc) is 2.86. The first kappa shape index (κ1) is 18.0. The molecular formula is C13H14BN3O6S. The summed E-state index contributed by atoms with van der Waals surface area (Å²) in [6.45, 7) is 0. The smallest absolute Gasteiger partial charge is 0.492 e. The van der Waals surface area contributed by atoms with E-state index in [2.05, 4.69) is 15.5 Å². The highest BCUT2D eigenvalue weighted by Gasteiger charge is 2.32. The molecule has 1 aliphatic heterocycles. The van der Waals surface area contributed by atoms with E-state index in [4.69, 9.17) is 9.84 Å². The number of hydrogen-bond acceptors (Lipinski definition) is 8. The van der Waals surface area contributed by atoms with Crippen molar-refractivity contribution in [2.75, 3.05) is 7.11 Å². The van der Waals surface area contributed by atoms with Crippen molar-refractivity contribution in [1.29, 1.82) is 0 Å². The highest BCUT2D eigenvalue weighted by Crippen LogP contribution is 2.22. The van der Waals surface area contributed by atoms with E-state index in [0.29, 0.717) is 11.3 Å². The molecule has 1 aromatic rings. The van der Waals surface area contributed by atoms with E-state index >= 15 is 0 Å². The Bertz CT molecular complexity index is 709. The van der Waals surface area contributed by atoms with Crippen LogP contribution in [0.15, 0.2) is 28.4 Å². The van der Waals surface area contributed by atoms with Gasteiger partial charge >= 0.3 is 13.1 Å². The number of amides is 1. The number of carboxylic acids is 1. The molecule has 1 saturated heterocycles. The van der Waals surface area contributed by atoms with E-state index in [1.807, 2.05) is 0 Å². The second kappa shape index (κ2) is 7.95. The fourth-order valence-corrected chi connectivity index (χ4v) is 2.84. The lowest BCUT2D eigenvalue weighted by Crippen LogP contribution is -2.31. The summed E-state index contributed by atoms with van der Waals surface area (Å²) in [6, 6.07) is 4.67. The number of carboxylic acid groups (broad SMARTS) is 1. The summed E-state index contributed by atoms with van der Waals surface area (Å²) in [5.41, 5.74) is 0.721. The molecule has 1 fully saturated rings. The second-order valence-electron chi connectivity index (χ2n) is 4.72. The Balaban J connectivity index is 2.08. The predicted octanol–water partition coefficient (Wildman–Crippen LogP) is -1.23. The van der Waals surface area contributed by atoms with Gasteiger partial charge in [-0.15, -0.1) is 5.10 Å². The lowest BCUT2D eigenvalue weighted by Gasteiger charge is -2.07. The number of thioether (sulfide) groups is 1. The number of aliphatic carboxylic acids is 1. The van der Waals surface area contributed by atoms with Gasteiger partial charge in [-0.3, -0.25) is 9.59 Å². The Hall–Kier alpha value is -2.37. The van der Waals surface area contributed by atoms with Crippen LogP contribution in [0, 0.1) is 0 Å². The van der Waals surface area contributed by atoms with Crippen molar-refractivity contribution in [2.24, 2.45) is 10.2 Å². The number of methoxy groups -OCH3 is 1. The standard InChI is InChI=1S/C13H14BN3O6S/c1-23-9-3-2-7(4-8(9)14(21)22)6-15-17-13-16-12(20)10(24-13)5-11(18)19/h2-4,6,10,21-22H,5H2,1H3,(H,18,19)(H,16,17,20). The zero-order chi connectivity index (χ0) is 17.7. The Labute approximate surface area is 141 Å². The summed E-state index contributed by atoms with van der Waals surface area (Å²) >= 11 is 0.991. The van der Waals surface area contributed by atoms with E-state index in [-0.39, 0.29) is 17.1 Å². The van der Waals surface area contributed by atoms with Gasteiger partial charge in [0.25, 0.3) is 0 Å². The molecular weight excluding hydrogens is 337 g/mol. The van der Waals surface area contributed by atoms with Gasteiger partial charge in [0.05, 0.1) is 19.7 Å². The number of carbonyl (C=O) groups is 2. The summed E-state index contributed by atoms with van der Waals surface area (Å²) in [7, 11) is -0.282. The molecule has 1 aromatic carbocycles. The molecule has 0 aliphatic carbocycles. The first-order valence-electron chi connectivity index (χ1n) is 6.75. The largest absolute Gasteiger partial charge is 0.497 e. The van der Waals surface area contributed by atoms with E-state index in [1.54, 1.807) is 12.1 Å². The number of ether oxygens (including phenoxy) is 1. The summed E-state index contributed by atoms with van der Waals surface area (Å²) in [5, 5.41) is 36.8. The molecule has 1 amide bonds. The zero-order valence-electron chi connectivity index (χ0n) is 12.5. The molecule has 0 saturated carbocycles. The molecule has 9 nitrogen and oxygen atoms in total. The van der Waals surface area contributed by atoms with Crippen LogP contribution in [0.3, 0.4) is 0 Å². The molecule has 0 aromatic heterocycles. The lowest BCUT2D eigenvalue weighted by atomic mass is 9.79. The van der Waals surface area contributed by atoms with E-state index < -0.39 is 24.2 Å². The maximum absolute atomic E-state index is 11.5. The molecule has 126 valence electrons. The molecule has 1 atom stereocenters. The summed E-state index contributed by atoms with van der Waals surface area (Å²) in [4.78, 5) is 22.2. The Morgan fingerprint density at radius 3 is 2.88 bits per heavy atom. The van der Waals surface area contributed by atoms with Crippen LogP contribution in [-0.2, 0) is 9.59 Å². The molecule has 2 rings (SSSR count). The van der Waals surface area contributed by atoms with Crippen LogP contribution in [-0.4, -0.2) is 57.9 Å². The number of carbonyl (C=O) groups excluding carboxylic acids is 1. The molecule has 0 spiro atoms. The molecule has 11 heteroatoms. The highest BCUT2D eigenvalue weighted by atomic mass is 32.2. The number of nitrogens with one attached hydrogen (secondary N) is 1. The molecule has 1 heterocycles. The predicted molar refractivity (Wildman–Crippen MR) is 89.6 cm³/mol. The molecule has 1 unspecified atom stereocenters. The Morgan fingerprint density at radius 2 is 2.25 bits per heavy atom. The first-order valence-corrected chi connectivity index (χ1v) is 7.63. The minimum absolute atomic E-state index is 0.180. The average molecular weight is 351 g/mol. The minimum atomic E-state index is -1.69. The van der Waals surface area contributed by atoms with Gasteiger partial charge in [0, 0.05) is 5.46 Å². The number of rotatable bonds is 6. The Morgan fingerprint density at radius 1 is 1.50 bits per heavy atom. The van der Waals surface area contributed by atoms with Crippen molar-refractivity contribution >= 4 is 47.6 Å². The quantitative estimate of drug-likeness (QED) is 0.286. The van der Waals surface area contributed by atoms with Crippen LogP contribution >= 0.6 is 11.8 Å². The van der Waals surface area contributed by atoms with Gasteiger partial charge in [-0.1, -0.05) is 11.8 Å². The van der Waals surface area contributed by atoms with E-state index in [1.165, 1.54) is 19.4 Å². The van der Waals surface area contributed by atoms with Gasteiger partial charge < -0.3 is 25.2 Å². The summed E-state index contributed by atoms with van der Waals surface area (Å²) in [6.07, 6.45) is 1.06. The molecule has 0 radical (unpaired) electrons. The third-order valence-corrected chi connectivity index (χ3v) is 4.10. The maximum Gasteiger partial charge on any atom is 0.492 e. The summed E-state index contributed by atoms with van der Waals surface area (Å²) < 4.78 is 5.01. The fraction of sp³-hybridized carbons (Fsp3) is 0.231. The van der Waals surface area contributed by atoms with Crippen LogP contribution in [0.1, 0.15) is 12.0 Å². The fourth-order valence-electron chi connectivity index (χ4n) is 1.93. The maximum atomic E-state index is 11.5. The molecule has 24 heavy (non-hydrogen) atoms. The van der Waals surface area contributed by atoms with Gasteiger partial charge in [0.1, 0.15) is 11.0 Å². The van der Waals surface area contributed by atoms with Crippen LogP contribution < -0.4 is 15.5 Å². The topological polar surface area (TPSA) is 141 Å². The minimum Gasteiger partial charge on any atom is -0.497 e. The van der Waals surface area contributed by atoms with Gasteiger partial charge in [-0.2, -0.15) is 5.10 Å². The van der Waals surface area contributed by atoms with Crippen molar-refractivity contribution in [1.82, 2.24) is 5.32 Å². The van der Waals surface area contributed by atoms with Crippen molar-refractivity contribution in [2.45, 2.75) is 11.7 Å². The normalized spacial score (nSPS) is 18.9. The number of benzene rings is 1. The van der Waals surface area contributed by atoms with Gasteiger partial charge in [0.15, 0.2) is 5.17 Å². The molecule has 0 bridgehead atoms. The van der Waals surface area contributed by atoms with Gasteiger partial charge in [-0.25, -0.2) is 0 Å². The van der Waals surface area contributed by atoms with Crippen LogP contribution in [0.2, 0.25) is 0 Å². The van der Waals surface area contributed by atoms with Crippen LogP contribution in [0.4, 0.5) is 0 Å². The SMILES string of the molecule is COc1ccc(C=NN=C2NC(=O)C(CC(=O)O)S2)cc1B(O)O.